The van der Waals surface area contributed by atoms with Crippen LogP contribution in [0, 0.1) is 29.1 Å². The maximum absolute atomic E-state index is 13.1. The van der Waals surface area contributed by atoms with Gasteiger partial charge in [0.1, 0.15) is 6.04 Å². The summed E-state index contributed by atoms with van der Waals surface area (Å²) in [5, 5.41) is 14.6. The Kier molecular flexibility index (Phi) is 8.06. The van der Waals surface area contributed by atoms with Crippen molar-refractivity contribution in [1.82, 2.24) is 16.1 Å². The van der Waals surface area contributed by atoms with Gasteiger partial charge in [-0.2, -0.15) is 0 Å². The molecule has 7 heteroatoms. The molecule has 0 aromatic rings. The molecule has 150 valence electrons. The third-order valence-corrected chi connectivity index (χ3v) is 5.23. The summed E-state index contributed by atoms with van der Waals surface area (Å²) in [6.45, 7) is 9.64. The van der Waals surface area contributed by atoms with Gasteiger partial charge in [-0.05, 0) is 36.5 Å². The van der Waals surface area contributed by atoms with Crippen molar-refractivity contribution in [2.24, 2.45) is 29.1 Å². The molecular weight excluding hydrogens is 334 g/mol. The van der Waals surface area contributed by atoms with Crippen LogP contribution in [-0.4, -0.2) is 36.0 Å². The van der Waals surface area contributed by atoms with Crippen LogP contribution in [0.1, 0.15) is 60.3 Å². The first-order valence-electron chi connectivity index (χ1n) is 9.48. The van der Waals surface area contributed by atoms with E-state index in [1.807, 2.05) is 34.6 Å². The number of hydrogen-bond acceptors (Lipinski definition) is 4. The molecule has 0 spiro atoms. The summed E-state index contributed by atoms with van der Waals surface area (Å²) in [5.41, 5.74) is 1.27. The third kappa shape index (κ3) is 5.69. The highest BCUT2D eigenvalue weighted by Gasteiger charge is 2.43. The fraction of sp³-hybridized carbons (Fsp3) is 0.842. The predicted molar refractivity (Wildman–Crippen MR) is 99.2 cm³/mol. The van der Waals surface area contributed by atoms with Crippen molar-refractivity contribution in [2.75, 3.05) is 7.05 Å². The first kappa shape index (κ1) is 22.4. The molecule has 1 aliphatic rings. The molecular formula is C19H35N3O4. The molecule has 1 rings (SSSR count). The second-order valence-corrected chi connectivity index (χ2v) is 8.85. The second-order valence-electron chi connectivity index (χ2n) is 8.85. The molecule has 7 nitrogen and oxygen atoms in total. The number of likely N-dealkylation sites (N-methyl/N-ethyl adjacent to an activating group) is 1. The molecule has 1 aliphatic carbocycles. The van der Waals surface area contributed by atoms with Gasteiger partial charge in [0.05, 0.1) is 11.8 Å². The van der Waals surface area contributed by atoms with Gasteiger partial charge in [-0.25, -0.2) is 5.48 Å². The summed E-state index contributed by atoms with van der Waals surface area (Å²) in [5.74, 6) is -1.95. The van der Waals surface area contributed by atoms with Gasteiger partial charge >= 0.3 is 0 Å². The summed E-state index contributed by atoms with van der Waals surface area (Å²) >= 11 is 0. The average molecular weight is 370 g/mol. The number of carbonyl (C=O) groups excluding carboxylic acids is 3. The van der Waals surface area contributed by atoms with E-state index in [-0.39, 0.29) is 23.7 Å². The minimum absolute atomic E-state index is 0.0877. The Morgan fingerprint density at radius 1 is 1.08 bits per heavy atom. The minimum Gasteiger partial charge on any atom is -0.357 e. The molecule has 26 heavy (non-hydrogen) atoms. The Hall–Kier alpha value is -1.63. The van der Waals surface area contributed by atoms with Crippen LogP contribution in [-0.2, 0) is 14.4 Å². The number of hydrogen-bond donors (Lipinski definition) is 4. The molecule has 0 heterocycles. The topological polar surface area (TPSA) is 108 Å². The monoisotopic (exact) mass is 369 g/mol. The van der Waals surface area contributed by atoms with Crippen molar-refractivity contribution in [3.8, 4) is 0 Å². The summed E-state index contributed by atoms with van der Waals surface area (Å²) < 4.78 is 0. The Morgan fingerprint density at radius 3 is 2.00 bits per heavy atom. The number of rotatable bonds is 8. The van der Waals surface area contributed by atoms with Gasteiger partial charge in [-0.15, -0.1) is 0 Å². The van der Waals surface area contributed by atoms with E-state index in [0.717, 1.165) is 19.3 Å². The minimum atomic E-state index is -0.700. The fourth-order valence-corrected chi connectivity index (χ4v) is 3.59. The Bertz CT molecular complexity index is 509. The van der Waals surface area contributed by atoms with Gasteiger partial charge < -0.3 is 10.6 Å². The first-order chi connectivity index (χ1) is 12.0. The molecule has 0 aliphatic heterocycles. The van der Waals surface area contributed by atoms with E-state index in [4.69, 9.17) is 0 Å². The zero-order valence-corrected chi connectivity index (χ0v) is 16.9. The Labute approximate surface area is 156 Å². The van der Waals surface area contributed by atoms with Crippen molar-refractivity contribution in [3.63, 3.8) is 0 Å². The molecule has 3 unspecified atom stereocenters. The van der Waals surface area contributed by atoms with Gasteiger partial charge in [0.2, 0.25) is 17.7 Å². The van der Waals surface area contributed by atoms with Crippen molar-refractivity contribution < 1.29 is 19.6 Å². The summed E-state index contributed by atoms with van der Waals surface area (Å²) in [7, 11) is 1.54. The van der Waals surface area contributed by atoms with Crippen LogP contribution in [0.2, 0.25) is 0 Å². The standard InChI is InChI=1S/C19H35N3O4/c1-11(2)10-13(14(17(24)22-26)12-8-7-9-12)16(23)21-15(18(25)20-6)19(3,4)5/h11-15,26H,7-10H2,1-6H3,(H,20,25)(H,21,23)(H,22,24). The van der Waals surface area contributed by atoms with E-state index >= 15 is 0 Å². The van der Waals surface area contributed by atoms with Gasteiger partial charge in [0.25, 0.3) is 0 Å². The van der Waals surface area contributed by atoms with Crippen molar-refractivity contribution in [1.29, 1.82) is 0 Å². The normalized spacial score (nSPS) is 18.5. The summed E-state index contributed by atoms with van der Waals surface area (Å²) in [4.78, 5) is 37.7. The smallest absolute Gasteiger partial charge is 0.247 e. The predicted octanol–water partition coefficient (Wildman–Crippen LogP) is 1.85. The molecule has 0 bridgehead atoms. The highest BCUT2D eigenvalue weighted by atomic mass is 16.5. The van der Waals surface area contributed by atoms with Gasteiger partial charge in [-0.3, -0.25) is 19.6 Å². The van der Waals surface area contributed by atoms with Crippen LogP contribution >= 0.6 is 0 Å². The van der Waals surface area contributed by atoms with Crippen molar-refractivity contribution in [2.45, 2.75) is 66.3 Å². The molecule has 0 aromatic carbocycles. The van der Waals surface area contributed by atoms with Gasteiger partial charge in [0, 0.05) is 7.05 Å². The van der Waals surface area contributed by atoms with Crippen LogP contribution in [0.4, 0.5) is 0 Å². The largest absolute Gasteiger partial charge is 0.357 e. The second kappa shape index (κ2) is 9.35. The molecule has 1 saturated carbocycles. The lowest BCUT2D eigenvalue weighted by Crippen LogP contribution is -2.56. The fourth-order valence-electron chi connectivity index (χ4n) is 3.59. The summed E-state index contributed by atoms with van der Waals surface area (Å²) in [6, 6.07) is -0.700. The average Bonchev–Trinajstić information content (AvgIpc) is 2.50. The van der Waals surface area contributed by atoms with Crippen LogP contribution in [0.15, 0.2) is 0 Å². The van der Waals surface area contributed by atoms with E-state index in [1.54, 1.807) is 5.48 Å². The molecule has 0 radical (unpaired) electrons. The quantitative estimate of drug-likeness (QED) is 0.387. The van der Waals surface area contributed by atoms with Crippen molar-refractivity contribution >= 4 is 17.7 Å². The molecule has 4 N–H and O–H groups in total. The lowest BCUT2D eigenvalue weighted by atomic mass is 9.68. The molecule has 0 saturated heterocycles. The Balaban J connectivity index is 3.10. The molecule has 3 atom stereocenters. The number of hydroxylamine groups is 1. The highest BCUT2D eigenvalue weighted by molar-refractivity contribution is 5.91. The third-order valence-electron chi connectivity index (χ3n) is 5.23. The van der Waals surface area contributed by atoms with Gasteiger partial charge in [-0.1, -0.05) is 41.0 Å². The maximum atomic E-state index is 13.1. The molecule has 1 fully saturated rings. The van der Waals surface area contributed by atoms with E-state index in [2.05, 4.69) is 10.6 Å². The molecule has 0 aromatic heterocycles. The van der Waals surface area contributed by atoms with Crippen LogP contribution in [0.25, 0.3) is 0 Å². The lowest BCUT2D eigenvalue weighted by molar-refractivity contribution is -0.146. The van der Waals surface area contributed by atoms with Gasteiger partial charge in [0.15, 0.2) is 0 Å². The van der Waals surface area contributed by atoms with Crippen LogP contribution in [0.3, 0.4) is 0 Å². The van der Waals surface area contributed by atoms with E-state index < -0.39 is 29.2 Å². The lowest BCUT2D eigenvalue weighted by Gasteiger charge is -2.38. The zero-order valence-electron chi connectivity index (χ0n) is 16.9. The van der Waals surface area contributed by atoms with E-state index in [9.17, 15) is 19.6 Å². The van der Waals surface area contributed by atoms with E-state index in [0.29, 0.717) is 6.42 Å². The summed E-state index contributed by atoms with van der Waals surface area (Å²) in [6.07, 6.45) is 3.29. The molecule has 3 amide bonds. The Morgan fingerprint density at radius 2 is 1.65 bits per heavy atom. The number of nitrogens with one attached hydrogen (secondary N) is 3. The van der Waals surface area contributed by atoms with Crippen LogP contribution < -0.4 is 16.1 Å². The number of carbonyl (C=O) groups is 3. The SMILES string of the molecule is CNC(=O)C(NC(=O)C(CC(C)C)C(C(=O)NO)C1CCC1)C(C)(C)C. The van der Waals surface area contributed by atoms with Crippen LogP contribution in [0.5, 0.6) is 0 Å². The maximum Gasteiger partial charge on any atom is 0.247 e. The highest BCUT2D eigenvalue weighted by Crippen LogP contribution is 2.39. The van der Waals surface area contributed by atoms with E-state index in [1.165, 1.54) is 7.05 Å². The first-order valence-corrected chi connectivity index (χ1v) is 9.48. The van der Waals surface area contributed by atoms with Crippen molar-refractivity contribution in [3.05, 3.63) is 0 Å². The zero-order chi connectivity index (χ0) is 20.1. The number of amides is 3.